The number of aliphatic hydroxyl groups is 2. The predicted molar refractivity (Wildman–Crippen MR) is 161 cm³/mol. The van der Waals surface area contributed by atoms with Crippen molar-refractivity contribution in [2.45, 2.75) is 62.1 Å². The molecular weight excluding hydrogens is 640 g/mol. The van der Waals surface area contributed by atoms with Gasteiger partial charge in [-0.1, -0.05) is 12.1 Å². The Hall–Kier alpha value is -5.61. The Balaban J connectivity index is 1.94. The second-order valence-corrected chi connectivity index (χ2v) is 11.2. The summed E-state index contributed by atoms with van der Waals surface area (Å²) in [5, 5.41) is 69.1. The minimum absolute atomic E-state index is 0.251. The molecule has 7 N–H and O–H groups in total. The summed E-state index contributed by atoms with van der Waals surface area (Å²) < 4.78 is 21.0. The normalized spacial score (nSPS) is 22.0. The number of phenols is 4. The van der Waals surface area contributed by atoms with Gasteiger partial charge in [0.05, 0.1) is 25.6 Å². The zero-order valence-electron chi connectivity index (χ0n) is 25.6. The minimum Gasteiger partial charge on any atom is -0.504 e. The molecule has 0 aromatic heterocycles. The molecule has 258 valence electrons. The van der Waals surface area contributed by atoms with Crippen LogP contribution in [0.2, 0.25) is 0 Å². The number of hydrogen-bond acceptors (Lipinski definition) is 15. The number of phenolic OH excluding ortho intramolecular Hbond substituents is 4. The molecule has 1 fully saturated rings. The van der Waals surface area contributed by atoms with Crippen molar-refractivity contribution in [3.63, 3.8) is 0 Å². The number of rotatable bonds is 12. The Morgan fingerprint density at radius 1 is 0.792 bits per heavy atom. The van der Waals surface area contributed by atoms with Crippen molar-refractivity contribution in [3.05, 3.63) is 59.7 Å². The number of aromatic hydroxyl groups is 4. The Kier molecular flexibility index (Phi) is 11.8. The third-order valence-electron chi connectivity index (χ3n) is 7.06. The van der Waals surface area contributed by atoms with E-state index in [9.17, 15) is 54.6 Å². The van der Waals surface area contributed by atoms with E-state index in [-0.39, 0.29) is 11.1 Å². The van der Waals surface area contributed by atoms with Crippen molar-refractivity contribution in [2.75, 3.05) is 7.11 Å². The van der Waals surface area contributed by atoms with Gasteiger partial charge in [0.15, 0.2) is 34.7 Å². The lowest BCUT2D eigenvalue weighted by atomic mass is 9.79. The molecule has 0 spiro atoms. The number of ether oxygens (including phenoxy) is 4. The highest BCUT2D eigenvalue weighted by atomic mass is 16.6. The SMILES string of the molecule is COC(=O)C1(O)CC(OC(=O)C=Cc2ccc(O)c(O)c2)C(OC(=O)CC(C)(O)CC(=O)O)C(OC(=O)C=Cc2ccc(O)c(O)c2)C1. The van der Waals surface area contributed by atoms with Gasteiger partial charge >= 0.3 is 29.8 Å². The van der Waals surface area contributed by atoms with Crippen LogP contribution in [-0.4, -0.2) is 102 Å². The molecule has 0 aliphatic heterocycles. The van der Waals surface area contributed by atoms with Crippen LogP contribution in [0, 0.1) is 0 Å². The van der Waals surface area contributed by atoms with Crippen LogP contribution in [0.25, 0.3) is 12.2 Å². The third kappa shape index (κ3) is 10.2. The number of esters is 4. The van der Waals surface area contributed by atoms with Gasteiger partial charge in [-0.05, 0) is 54.5 Å². The second-order valence-electron chi connectivity index (χ2n) is 11.2. The molecule has 3 unspecified atom stereocenters. The molecule has 0 bridgehead atoms. The number of carboxylic acid groups (broad SMARTS) is 1. The van der Waals surface area contributed by atoms with E-state index >= 15 is 0 Å². The third-order valence-corrected chi connectivity index (χ3v) is 7.06. The van der Waals surface area contributed by atoms with Gasteiger partial charge in [0.2, 0.25) is 0 Å². The topological polar surface area (TPSA) is 264 Å². The Morgan fingerprint density at radius 2 is 1.25 bits per heavy atom. The quantitative estimate of drug-likeness (QED) is 0.0723. The van der Waals surface area contributed by atoms with Crippen molar-refractivity contribution >= 4 is 42.0 Å². The fraction of sp³-hybridized carbons (Fsp3) is 0.344. The van der Waals surface area contributed by atoms with Gasteiger partial charge in [-0.2, -0.15) is 0 Å². The first-order valence-corrected chi connectivity index (χ1v) is 14.2. The van der Waals surface area contributed by atoms with Crippen LogP contribution in [0.5, 0.6) is 23.0 Å². The van der Waals surface area contributed by atoms with Crippen LogP contribution in [0.4, 0.5) is 0 Å². The highest BCUT2D eigenvalue weighted by Gasteiger charge is 2.55. The Morgan fingerprint density at radius 3 is 1.65 bits per heavy atom. The maximum absolute atomic E-state index is 12.9. The van der Waals surface area contributed by atoms with Gasteiger partial charge < -0.3 is 54.7 Å². The summed E-state index contributed by atoms with van der Waals surface area (Å²) in [4.78, 5) is 62.5. The molecule has 2 aromatic carbocycles. The van der Waals surface area contributed by atoms with Gasteiger partial charge in [0.1, 0.15) is 12.2 Å². The van der Waals surface area contributed by atoms with Crippen LogP contribution in [0.3, 0.4) is 0 Å². The van der Waals surface area contributed by atoms with Crippen molar-refractivity contribution in [1.82, 2.24) is 0 Å². The van der Waals surface area contributed by atoms with Gasteiger partial charge in [0, 0.05) is 25.0 Å². The standard InChI is InChI=1S/C32H34O16/c1-31(43,15-25(37)38)16-28(41)48-29-23(46-26(39)9-5-17-3-7-19(33)21(35)11-17)13-32(44,30(42)45-2)14-24(29)47-27(40)10-6-18-4-8-20(34)22(36)12-18/h3-12,23-24,29,33-36,43-44H,13-16H2,1-2H3,(H,37,38). The molecule has 1 saturated carbocycles. The lowest BCUT2D eigenvalue weighted by Crippen LogP contribution is -2.59. The van der Waals surface area contributed by atoms with Crippen LogP contribution in [0.1, 0.15) is 43.7 Å². The molecule has 0 amide bonds. The summed E-state index contributed by atoms with van der Waals surface area (Å²) in [5.74, 6) is -7.85. The fourth-order valence-corrected chi connectivity index (χ4v) is 4.83. The van der Waals surface area contributed by atoms with Crippen molar-refractivity contribution < 1.29 is 78.7 Å². The molecule has 2 aromatic rings. The summed E-state index contributed by atoms with van der Waals surface area (Å²) in [6.45, 7) is 1.06. The van der Waals surface area contributed by atoms with Gasteiger partial charge in [0.25, 0.3) is 0 Å². The molecule has 16 heteroatoms. The first-order valence-electron chi connectivity index (χ1n) is 14.2. The van der Waals surface area contributed by atoms with Crippen LogP contribution in [0.15, 0.2) is 48.6 Å². The van der Waals surface area contributed by atoms with Crippen molar-refractivity contribution in [3.8, 4) is 23.0 Å². The first kappa shape index (κ1) is 36.9. The zero-order chi connectivity index (χ0) is 35.8. The highest BCUT2D eigenvalue weighted by molar-refractivity contribution is 5.88. The summed E-state index contributed by atoms with van der Waals surface area (Å²) in [7, 11) is 0.963. The second kappa shape index (κ2) is 15.3. The van der Waals surface area contributed by atoms with Crippen molar-refractivity contribution in [1.29, 1.82) is 0 Å². The Labute approximate surface area is 272 Å². The summed E-state index contributed by atoms with van der Waals surface area (Å²) in [6.07, 6.45) is -4.14. The number of methoxy groups -OCH3 is 1. The van der Waals surface area contributed by atoms with E-state index in [0.717, 1.165) is 50.5 Å². The average Bonchev–Trinajstić information content (AvgIpc) is 2.98. The van der Waals surface area contributed by atoms with E-state index in [1.807, 2.05) is 0 Å². The predicted octanol–water partition coefficient (Wildman–Crippen LogP) is 1.28. The van der Waals surface area contributed by atoms with Crippen LogP contribution >= 0.6 is 0 Å². The summed E-state index contributed by atoms with van der Waals surface area (Å²) in [6, 6.07) is 7.28. The minimum atomic E-state index is -2.44. The maximum Gasteiger partial charge on any atom is 0.338 e. The van der Waals surface area contributed by atoms with Crippen LogP contribution < -0.4 is 0 Å². The number of hydrogen-bond donors (Lipinski definition) is 7. The first-order chi connectivity index (χ1) is 22.4. The maximum atomic E-state index is 12.9. The molecule has 0 heterocycles. The van der Waals surface area contributed by atoms with E-state index in [4.69, 9.17) is 19.3 Å². The largest absolute Gasteiger partial charge is 0.504 e. The van der Waals surface area contributed by atoms with Gasteiger partial charge in [-0.3, -0.25) is 9.59 Å². The van der Waals surface area contributed by atoms with Gasteiger partial charge in [-0.25, -0.2) is 14.4 Å². The van der Waals surface area contributed by atoms with Crippen LogP contribution in [-0.2, 0) is 42.9 Å². The smallest absolute Gasteiger partial charge is 0.338 e. The van der Waals surface area contributed by atoms with E-state index in [1.54, 1.807) is 0 Å². The molecule has 0 saturated heterocycles. The zero-order valence-corrected chi connectivity index (χ0v) is 25.6. The molecule has 1 aliphatic rings. The number of carbonyl (C=O) groups excluding carboxylic acids is 4. The molecule has 48 heavy (non-hydrogen) atoms. The fourth-order valence-electron chi connectivity index (χ4n) is 4.83. The lowest BCUT2D eigenvalue weighted by molar-refractivity contribution is -0.215. The van der Waals surface area contributed by atoms with Crippen molar-refractivity contribution in [2.24, 2.45) is 0 Å². The monoisotopic (exact) mass is 674 g/mol. The highest BCUT2D eigenvalue weighted by Crippen LogP contribution is 2.36. The molecule has 3 atom stereocenters. The average molecular weight is 675 g/mol. The number of carboxylic acids is 1. The molecule has 16 nitrogen and oxygen atoms in total. The molecular formula is C32H34O16. The molecule has 0 radical (unpaired) electrons. The van der Waals surface area contributed by atoms with E-state index in [2.05, 4.69) is 4.74 Å². The lowest BCUT2D eigenvalue weighted by Gasteiger charge is -2.42. The molecule has 3 rings (SSSR count). The van der Waals surface area contributed by atoms with E-state index < -0.39 is 108 Å². The number of carbonyl (C=O) groups is 5. The Bertz CT molecular complexity index is 1520. The summed E-state index contributed by atoms with van der Waals surface area (Å²) in [5.41, 5.74) is -4.02. The van der Waals surface area contributed by atoms with Gasteiger partial charge in [-0.15, -0.1) is 0 Å². The summed E-state index contributed by atoms with van der Waals surface area (Å²) >= 11 is 0. The van der Waals surface area contributed by atoms with E-state index in [1.165, 1.54) is 24.3 Å². The number of aliphatic carboxylic acids is 1. The van der Waals surface area contributed by atoms with E-state index in [0.29, 0.717) is 0 Å². The molecule has 1 aliphatic carbocycles. The number of benzene rings is 2.